The second-order valence-corrected chi connectivity index (χ2v) is 9.07. The third-order valence-electron chi connectivity index (χ3n) is 6.75. The Hall–Kier alpha value is -3.63. The van der Waals surface area contributed by atoms with Crippen LogP contribution in [0.2, 0.25) is 0 Å². The smallest absolute Gasteiger partial charge is 0.138 e. The van der Waals surface area contributed by atoms with Crippen molar-refractivity contribution >= 4 is 27.5 Å². The van der Waals surface area contributed by atoms with Gasteiger partial charge >= 0.3 is 0 Å². The molecule has 0 spiro atoms. The van der Waals surface area contributed by atoms with Gasteiger partial charge in [0.15, 0.2) is 0 Å². The van der Waals surface area contributed by atoms with E-state index in [1.165, 1.54) is 36.9 Å². The summed E-state index contributed by atoms with van der Waals surface area (Å²) in [6.45, 7) is 3.19. The molecule has 37 heavy (non-hydrogen) atoms. The van der Waals surface area contributed by atoms with Gasteiger partial charge in [0, 0.05) is 50.3 Å². The number of pyridine rings is 1. The summed E-state index contributed by atoms with van der Waals surface area (Å²) < 4.78 is 22.2. The summed E-state index contributed by atoms with van der Waals surface area (Å²) in [4.78, 5) is 8.84. The molecule has 2 aliphatic heterocycles. The van der Waals surface area contributed by atoms with Gasteiger partial charge < -0.3 is 19.1 Å². The van der Waals surface area contributed by atoms with E-state index in [4.69, 9.17) is 4.74 Å². The van der Waals surface area contributed by atoms with Gasteiger partial charge in [-0.15, -0.1) is 41.4 Å². The number of anilines is 1. The van der Waals surface area contributed by atoms with E-state index in [2.05, 4.69) is 39.8 Å². The van der Waals surface area contributed by atoms with Crippen LogP contribution < -0.4 is 9.64 Å². The molecule has 0 unspecified atom stereocenters. The van der Waals surface area contributed by atoms with E-state index in [9.17, 15) is 4.39 Å². The zero-order chi connectivity index (χ0) is 24.1. The van der Waals surface area contributed by atoms with Crippen molar-refractivity contribution in [3.05, 3.63) is 109 Å². The third kappa shape index (κ3) is 4.29. The Morgan fingerprint density at radius 3 is 2.70 bits per heavy atom. The molecule has 2 aliphatic rings. The van der Waals surface area contributed by atoms with E-state index in [1.54, 1.807) is 0 Å². The molecule has 1 saturated heterocycles. The molecule has 1 fully saturated rings. The summed E-state index contributed by atoms with van der Waals surface area (Å²) in [7, 11) is 0. The van der Waals surface area contributed by atoms with Gasteiger partial charge in [-0.3, -0.25) is 0 Å². The van der Waals surface area contributed by atoms with Crippen molar-refractivity contribution in [1.82, 2.24) is 14.5 Å². The number of nitrogens with zero attached hydrogens (tertiary/aromatic N) is 4. The van der Waals surface area contributed by atoms with E-state index < -0.39 is 0 Å². The van der Waals surface area contributed by atoms with Crippen molar-refractivity contribution in [2.75, 3.05) is 11.4 Å². The van der Waals surface area contributed by atoms with Crippen LogP contribution in [-0.4, -0.2) is 21.0 Å². The number of ether oxygens (including phenoxy) is 1. The fourth-order valence-corrected chi connectivity index (χ4v) is 5.07. The molecule has 5 aromatic rings. The Bertz CT molecular complexity index is 1650. The minimum Gasteiger partial charge on any atom is -0.509 e. The molecule has 188 valence electrons. The fourth-order valence-electron chi connectivity index (χ4n) is 5.07. The Morgan fingerprint density at radius 1 is 0.919 bits per heavy atom. The van der Waals surface area contributed by atoms with Gasteiger partial charge in [-0.1, -0.05) is 23.7 Å². The molecule has 7 rings (SSSR count). The van der Waals surface area contributed by atoms with Gasteiger partial charge in [0.2, 0.25) is 0 Å². The van der Waals surface area contributed by atoms with Crippen LogP contribution in [0.1, 0.15) is 19.3 Å². The molecule has 0 bridgehead atoms. The third-order valence-corrected chi connectivity index (χ3v) is 6.75. The zero-order valence-electron chi connectivity index (χ0n) is 19.8. The number of hydrogen-bond donors (Lipinski definition) is 0. The quantitative estimate of drug-likeness (QED) is 0.194. The topological polar surface area (TPSA) is 33.5 Å². The first-order chi connectivity index (χ1) is 17.7. The van der Waals surface area contributed by atoms with E-state index in [-0.39, 0.29) is 26.9 Å². The largest absolute Gasteiger partial charge is 0.509 e. The standard InChI is InChI=1S/C30H22FN4O.Pt/c31-21-13-14-32-30(16-21)35-28-10-2-1-9-26(28)27-12-11-25(18-29(27)35)36-24-8-5-7-22(17-24)34-19-23-6-3-4-15-33(23)20-34;/h1-2,5,7-14,16,19-20H,3-4,6,15H2;/q-3;. The molecule has 4 heterocycles. The molecule has 0 atom stereocenters. The van der Waals surface area contributed by atoms with Gasteiger partial charge in [0.25, 0.3) is 0 Å². The monoisotopic (exact) mass is 668 g/mol. The summed E-state index contributed by atoms with van der Waals surface area (Å²) in [6.07, 6.45) is 7.21. The Balaban J connectivity index is 0.00000252. The number of allylic oxidation sites excluding steroid dienone is 1. The molecule has 7 heteroatoms. The summed E-state index contributed by atoms with van der Waals surface area (Å²) in [6, 6.07) is 27.4. The van der Waals surface area contributed by atoms with Crippen molar-refractivity contribution in [3.63, 3.8) is 0 Å². The maximum absolute atomic E-state index is 14.1. The Labute approximate surface area is 229 Å². The predicted molar refractivity (Wildman–Crippen MR) is 138 cm³/mol. The summed E-state index contributed by atoms with van der Waals surface area (Å²) >= 11 is 0. The number of piperidine rings is 1. The van der Waals surface area contributed by atoms with Crippen molar-refractivity contribution in [2.45, 2.75) is 19.3 Å². The van der Waals surface area contributed by atoms with Crippen LogP contribution in [0.25, 0.3) is 27.6 Å². The van der Waals surface area contributed by atoms with Gasteiger partial charge in [-0.2, -0.15) is 18.8 Å². The molecule has 2 aromatic heterocycles. The van der Waals surface area contributed by atoms with Crippen LogP contribution in [0.5, 0.6) is 11.5 Å². The number of rotatable bonds is 4. The van der Waals surface area contributed by atoms with Gasteiger partial charge in [-0.05, 0) is 55.2 Å². The van der Waals surface area contributed by atoms with Crippen molar-refractivity contribution in [2.24, 2.45) is 0 Å². The first-order valence-corrected chi connectivity index (χ1v) is 12.1. The van der Waals surface area contributed by atoms with Gasteiger partial charge in [0.1, 0.15) is 11.6 Å². The first-order valence-electron chi connectivity index (χ1n) is 12.1. The minimum absolute atomic E-state index is 0. The number of aromatic nitrogens is 2. The molecule has 0 N–H and O–H groups in total. The number of fused-ring (bicyclic) bond motifs is 4. The average molecular weight is 669 g/mol. The van der Waals surface area contributed by atoms with Crippen LogP contribution >= 0.6 is 0 Å². The van der Waals surface area contributed by atoms with E-state index >= 15 is 0 Å². The zero-order valence-corrected chi connectivity index (χ0v) is 22.1. The normalized spacial score (nSPS) is 15.0. The second-order valence-electron chi connectivity index (χ2n) is 9.07. The number of para-hydroxylation sites is 1. The van der Waals surface area contributed by atoms with Gasteiger partial charge in [-0.25, -0.2) is 9.37 Å². The SMILES string of the molecule is Fc1ccnc(-n2c3[c-]c(Oc4[c-]c(N5C=C6CCCCN6[CH-]5)ccc4)ccc3c3ccccc32)c1.[Pt]. The molecule has 0 saturated carbocycles. The van der Waals surface area contributed by atoms with Crippen LogP contribution in [0, 0.1) is 24.6 Å². The Morgan fingerprint density at radius 2 is 1.81 bits per heavy atom. The second kappa shape index (κ2) is 9.68. The summed E-state index contributed by atoms with van der Waals surface area (Å²) in [5.74, 6) is 1.32. The van der Waals surface area contributed by atoms with Crippen LogP contribution in [-0.2, 0) is 21.1 Å². The van der Waals surface area contributed by atoms with Crippen molar-refractivity contribution in [1.29, 1.82) is 0 Å². The number of halogens is 1. The van der Waals surface area contributed by atoms with E-state index in [1.807, 2.05) is 59.2 Å². The maximum Gasteiger partial charge on any atom is 0.138 e. The molecule has 0 aliphatic carbocycles. The molecule has 3 aromatic carbocycles. The van der Waals surface area contributed by atoms with Crippen molar-refractivity contribution < 1.29 is 30.2 Å². The van der Waals surface area contributed by atoms with E-state index in [0.29, 0.717) is 17.3 Å². The van der Waals surface area contributed by atoms with Crippen molar-refractivity contribution in [3.8, 4) is 17.3 Å². The average Bonchev–Trinajstić information content (AvgIpc) is 3.48. The van der Waals surface area contributed by atoms with Crippen LogP contribution in [0.4, 0.5) is 10.1 Å². The molecule has 5 nitrogen and oxygen atoms in total. The molecule has 0 radical (unpaired) electrons. The molecule has 0 amide bonds. The van der Waals surface area contributed by atoms with Gasteiger partial charge in [0.05, 0.1) is 0 Å². The van der Waals surface area contributed by atoms with Crippen LogP contribution in [0.3, 0.4) is 0 Å². The van der Waals surface area contributed by atoms with E-state index in [0.717, 1.165) is 40.5 Å². The molecular weight excluding hydrogens is 646 g/mol. The predicted octanol–water partition coefficient (Wildman–Crippen LogP) is 6.97. The number of hydrogen-bond acceptors (Lipinski definition) is 4. The summed E-state index contributed by atoms with van der Waals surface area (Å²) in [5, 5.41) is 2.04. The first kappa shape index (κ1) is 23.7. The number of benzene rings is 3. The maximum atomic E-state index is 14.1. The fraction of sp³-hybridized carbons (Fsp3) is 0.133. The van der Waals surface area contributed by atoms with Crippen LogP contribution in [0.15, 0.2) is 84.8 Å². The minimum atomic E-state index is -0.338. The molecular formula is C30H22FN4OPt-3. The Kier molecular flexibility index (Phi) is 6.21. The summed E-state index contributed by atoms with van der Waals surface area (Å²) in [5.41, 5.74) is 3.98.